The zero-order valence-electron chi connectivity index (χ0n) is 21.2. The highest BCUT2D eigenvalue weighted by Gasteiger charge is 2.27. The average molecular weight is 561 g/mol. The van der Waals surface area contributed by atoms with E-state index in [9.17, 15) is 18.0 Å². The maximum atomic E-state index is 13.3. The molecule has 7 nitrogen and oxygen atoms in total. The molecule has 2 aliphatic rings. The van der Waals surface area contributed by atoms with E-state index in [1.807, 2.05) is 61.6 Å². The Morgan fingerprint density at radius 1 is 1.10 bits per heavy atom. The summed E-state index contributed by atoms with van der Waals surface area (Å²) in [5.41, 5.74) is 3.34. The molecule has 1 fully saturated rings. The van der Waals surface area contributed by atoms with E-state index in [-0.39, 0.29) is 12.2 Å². The number of anilines is 2. The van der Waals surface area contributed by atoms with Crippen molar-refractivity contribution < 1.29 is 27.5 Å². The lowest BCUT2D eigenvalue weighted by atomic mass is 10.0. The molecule has 3 aromatic rings. The summed E-state index contributed by atoms with van der Waals surface area (Å²) < 4.78 is 38.4. The number of aldehydes is 1. The number of ether oxygens (including phenoxy) is 1. The first-order chi connectivity index (χ1) is 18.7. The van der Waals surface area contributed by atoms with Gasteiger partial charge in [0.1, 0.15) is 24.5 Å². The first kappa shape index (κ1) is 28.4. The van der Waals surface area contributed by atoms with Gasteiger partial charge in [-0.1, -0.05) is 29.8 Å². The molecule has 0 bridgehead atoms. The summed E-state index contributed by atoms with van der Waals surface area (Å²) in [6.45, 7) is 2.82. The van der Waals surface area contributed by atoms with Crippen LogP contribution in [0.4, 0.5) is 24.7 Å². The van der Waals surface area contributed by atoms with Gasteiger partial charge in [-0.2, -0.15) is 13.2 Å². The van der Waals surface area contributed by atoms with Crippen LogP contribution in [0.1, 0.15) is 23.2 Å². The van der Waals surface area contributed by atoms with Crippen LogP contribution in [0.5, 0.6) is 5.75 Å². The van der Waals surface area contributed by atoms with Crippen molar-refractivity contribution in [3.8, 4) is 16.9 Å². The minimum Gasteiger partial charge on any atom is -0.491 e. The van der Waals surface area contributed by atoms with E-state index in [0.717, 1.165) is 42.1 Å². The summed E-state index contributed by atoms with van der Waals surface area (Å²) >= 11 is 6.00. The van der Waals surface area contributed by atoms with Crippen LogP contribution in [0.2, 0.25) is 5.02 Å². The molecule has 0 spiro atoms. The number of nitrogens with one attached hydrogen (secondary N) is 1. The minimum absolute atomic E-state index is 0.0777. The third-order valence-corrected chi connectivity index (χ3v) is 6.74. The topological polar surface area (TPSA) is 74.8 Å². The highest BCUT2D eigenvalue weighted by molar-refractivity contribution is 6.30. The lowest BCUT2D eigenvalue weighted by molar-refractivity contribution is -0.144. The monoisotopic (exact) mass is 560 g/mol. The number of benzene rings is 2. The maximum Gasteiger partial charge on any atom is 0.395 e. The smallest absolute Gasteiger partial charge is 0.395 e. The highest BCUT2D eigenvalue weighted by Crippen LogP contribution is 2.32. The van der Waals surface area contributed by atoms with E-state index >= 15 is 0 Å². The number of alkyl halides is 3. The number of nitrogens with zero attached hydrogens (tertiary/aromatic N) is 3. The summed E-state index contributed by atoms with van der Waals surface area (Å²) in [5.74, 6) is 1.47. The number of rotatable bonds is 5. The van der Waals surface area contributed by atoms with E-state index in [0.29, 0.717) is 35.5 Å². The van der Waals surface area contributed by atoms with Gasteiger partial charge in [0.25, 0.3) is 5.91 Å². The molecule has 11 heteroatoms. The molecule has 1 aromatic heterocycles. The number of likely N-dealkylation sites (N-methyl/N-ethyl adjacent to an activating group) is 1. The van der Waals surface area contributed by atoms with Crippen LogP contribution in [0, 0.1) is 0 Å². The molecule has 3 heterocycles. The van der Waals surface area contributed by atoms with Gasteiger partial charge in [-0.3, -0.25) is 4.79 Å². The lowest BCUT2D eigenvalue weighted by Crippen LogP contribution is -2.32. The molecule has 206 valence electrons. The Hall–Kier alpha value is -3.63. The second kappa shape index (κ2) is 12.5. The maximum absolute atomic E-state index is 13.3. The van der Waals surface area contributed by atoms with E-state index in [4.69, 9.17) is 21.1 Å². The fourth-order valence-electron chi connectivity index (χ4n) is 4.40. The third kappa shape index (κ3) is 7.27. The standard InChI is InChI=1S/C25H25ClN4O2.C3H3F3O/c1-27-20-10-11-29(16-20)24-9-7-21(15-28-24)30-12-13-32-23-14-18(4-8-22(23)25(30)31)17-2-5-19(26)6-3-17;4-3(5,6)1-2-7/h2-9,14-15,20,27H,10-13,16H2,1H3;2H,1H2. The van der Waals surface area contributed by atoms with Gasteiger partial charge in [0, 0.05) is 24.2 Å². The summed E-state index contributed by atoms with van der Waals surface area (Å²) in [6, 6.07) is 17.8. The van der Waals surface area contributed by atoms with Gasteiger partial charge in [0.05, 0.1) is 30.4 Å². The van der Waals surface area contributed by atoms with Crippen molar-refractivity contribution in [3.05, 3.63) is 71.4 Å². The van der Waals surface area contributed by atoms with Gasteiger partial charge in [-0.25, -0.2) is 4.98 Å². The number of fused-ring (bicyclic) bond motifs is 1. The highest BCUT2D eigenvalue weighted by atomic mass is 35.5. The minimum atomic E-state index is -4.32. The van der Waals surface area contributed by atoms with Crippen molar-refractivity contribution >= 4 is 35.3 Å². The molecule has 1 atom stereocenters. The van der Waals surface area contributed by atoms with E-state index in [2.05, 4.69) is 15.2 Å². The Morgan fingerprint density at radius 2 is 1.85 bits per heavy atom. The second-order valence-corrected chi connectivity index (χ2v) is 9.54. The molecular weight excluding hydrogens is 533 g/mol. The lowest BCUT2D eigenvalue weighted by Gasteiger charge is -2.22. The Kier molecular flexibility index (Phi) is 9.08. The molecule has 0 saturated carbocycles. The molecule has 1 N–H and O–H groups in total. The number of amides is 1. The Labute approximate surface area is 229 Å². The molecule has 1 unspecified atom stereocenters. The number of pyridine rings is 1. The molecule has 2 aromatic carbocycles. The number of halogens is 4. The first-order valence-corrected chi connectivity index (χ1v) is 12.8. The average Bonchev–Trinajstić information content (AvgIpc) is 3.34. The Morgan fingerprint density at radius 3 is 2.44 bits per heavy atom. The summed E-state index contributed by atoms with van der Waals surface area (Å²) in [4.78, 5) is 31.1. The van der Waals surface area contributed by atoms with E-state index < -0.39 is 12.6 Å². The zero-order chi connectivity index (χ0) is 28.0. The molecule has 0 aliphatic carbocycles. The van der Waals surface area contributed by atoms with Gasteiger partial charge in [0.2, 0.25) is 0 Å². The van der Waals surface area contributed by atoms with Crippen LogP contribution in [-0.2, 0) is 4.79 Å². The normalized spacial score (nSPS) is 17.1. The van der Waals surface area contributed by atoms with Crippen molar-refractivity contribution in [1.82, 2.24) is 10.3 Å². The largest absolute Gasteiger partial charge is 0.491 e. The van der Waals surface area contributed by atoms with Crippen molar-refractivity contribution in [1.29, 1.82) is 0 Å². The number of hydrogen-bond acceptors (Lipinski definition) is 6. The number of hydrogen-bond donors (Lipinski definition) is 1. The number of carbonyl (C=O) groups is 2. The number of carbonyl (C=O) groups excluding carboxylic acids is 2. The fraction of sp³-hybridized carbons (Fsp3) is 0.321. The fourth-order valence-corrected chi connectivity index (χ4v) is 4.53. The van der Waals surface area contributed by atoms with Gasteiger partial charge in [-0.05, 0) is 61.0 Å². The molecule has 39 heavy (non-hydrogen) atoms. The second-order valence-electron chi connectivity index (χ2n) is 9.10. The van der Waals surface area contributed by atoms with Gasteiger partial charge in [0.15, 0.2) is 0 Å². The Bertz CT molecular complexity index is 1290. The zero-order valence-corrected chi connectivity index (χ0v) is 22.0. The third-order valence-electron chi connectivity index (χ3n) is 6.49. The van der Waals surface area contributed by atoms with E-state index in [1.54, 1.807) is 11.1 Å². The van der Waals surface area contributed by atoms with Crippen molar-refractivity contribution in [3.63, 3.8) is 0 Å². The molecule has 0 radical (unpaired) electrons. The van der Waals surface area contributed by atoms with Gasteiger partial charge < -0.3 is 24.6 Å². The van der Waals surface area contributed by atoms with Crippen LogP contribution in [0.15, 0.2) is 60.8 Å². The van der Waals surface area contributed by atoms with Crippen LogP contribution in [-0.4, -0.2) is 62.7 Å². The molecule has 1 saturated heterocycles. The first-order valence-electron chi connectivity index (χ1n) is 12.4. The predicted molar refractivity (Wildman–Crippen MR) is 145 cm³/mol. The molecule has 1 amide bonds. The van der Waals surface area contributed by atoms with Crippen molar-refractivity contribution in [2.24, 2.45) is 0 Å². The van der Waals surface area contributed by atoms with Crippen molar-refractivity contribution in [2.45, 2.75) is 25.1 Å². The van der Waals surface area contributed by atoms with Crippen molar-refractivity contribution in [2.75, 3.05) is 43.1 Å². The van der Waals surface area contributed by atoms with Crippen LogP contribution in [0.25, 0.3) is 11.1 Å². The summed E-state index contributed by atoms with van der Waals surface area (Å²) in [6.07, 6.45) is -2.93. The molecular formula is C28H28ClF3N4O3. The van der Waals surface area contributed by atoms with Gasteiger partial charge >= 0.3 is 6.18 Å². The summed E-state index contributed by atoms with van der Waals surface area (Å²) in [5, 5.41) is 4.02. The molecule has 2 aliphatic heterocycles. The van der Waals surface area contributed by atoms with Crippen LogP contribution < -0.4 is 19.9 Å². The Balaban J connectivity index is 0.000000448. The SMILES string of the molecule is CNC1CCN(c2ccc(N3CCOc4cc(-c5ccc(Cl)cc5)ccc4C3=O)cn2)C1.O=CCC(F)(F)F. The van der Waals surface area contributed by atoms with Crippen LogP contribution >= 0.6 is 11.6 Å². The van der Waals surface area contributed by atoms with Crippen LogP contribution in [0.3, 0.4) is 0 Å². The predicted octanol–water partition coefficient (Wildman–Crippen LogP) is 5.38. The summed E-state index contributed by atoms with van der Waals surface area (Å²) in [7, 11) is 1.99. The van der Waals surface area contributed by atoms with E-state index in [1.165, 1.54) is 0 Å². The van der Waals surface area contributed by atoms with Gasteiger partial charge in [-0.15, -0.1) is 0 Å². The number of aromatic nitrogens is 1. The molecule has 5 rings (SSSR count). The quantitative estimate of drug-likeness (QED) is 0.423.